The van der Waals surface area contributed by atoms with Gasteiger partial charge < -0.3 is 9.47 Å². The van der Waals surface area contributed by atoms with Gasteiger partial charge in [-0.3, -0.25) is 0 Å². The van der Waals surface area contributed by atoms with Gasteiger partial charge >= 0.3 is 0 Å². The minimum absolute atomic E-state index is 0.0114. The van der Waals surface area contributed by atoms with Gasteiger partial charge in [0.25, 0.3) is 0 Å². The summed E-state index contributed by atoms with van der Waals surface area (Å²) in [5, 5.41) is 0. The third-order valence-electron chi connectivity index (χ3n) is 7.52. The quantitative estimate of drug-likeness (QED) is 0.389. The van der Waals surface area contributed by atoms with Gasteiger partial charge in [0.1, 0.15) is 0 Å². The Morgan fingerprint density at radius 2 is 0.644 bits per heavy atom. The Morgan fingerprint density at radius 3 is 0.911 bits per heavy atom. The molecule has 1 heterocycles. The Balaban J connectivity index is 1.70. The number of nitrogens with zero attached hydrogens (tertiary/aromatic N) is 3. The number of hydrogen-bond donors (Lipinski definition) is 0. The lowest BCUT2D eigenvalue weighted by Crippen LogP contribution is -2.46. The highest BCUT2D eigenvalue weighted by Gasteiger charge is 2.31. The SMILES string of the molecule is Cc1ccc(S(=O)(=O)N2CCOCCOCCN(S(=O)(=O)c3ccc(C)cc3)CCN(S(=O)(=O)c3ccc(C)cc3)CC2)cc1. The largest absolute Gasteiger partial charge is 0.378 e. The third kappa shape index (κ3) is 8.98. The number of benzene rings is 3. The van der Waals surface area contributed by atoms with E-state index < -0.39 is 30.1 Å². The predicted octanol–water partition coefficient (Wildman–Crippen LogP) is 3.03. The highest BCUT2D eigenvalue weighted by atomic mass is 32.2. The van der Waals surface area contributed by atoms with E-state index in [1.807, 2.05) is 20.8 Å². The predicted molar refractivity (Wildman–Crippen MR) is 171 cm³/mol. The van der Waals surface area contributed by atoms with Gasteiger partial charge in [-0.25, -0.2) is 25.3 Å². The molecule has 45 heavy (non-hydrogen) atoms. The van der Waals surface area contributed by atoms with Crippen molar-refractivity contribution in [2.75, 3.05) is 65.7 Å². The molecule has 0 spiro atoms. The highest BCUT2D eigenvalue weighted by molar-refractivity contribution is 7.89. The second kappa shape index (κ2) is 15.3. The zero-order valence-corrected chi connectivity index (χ0v) is 28.3. The summed E-state index contributed by atoms with van der Waals surface area (Å²) >= 11 is 0. The van der Waals surface area contributed by atoms with Crippen LogP contribution in [0.25, 0.3) is 0 Å². The molecule has 1 aliphatic rings. The van der Waals surface area contributed by atoms with Crippen molar-refractivity contribution in [3.05, 3.63) is 89.5 Å². The van der Waals surface area contributed by atoms with Crippen LogP contribution in [0.15, 0.2) is 87.5 Å². The fraction of sp³-hybridized carbons (Fsp3) is 0.419. The normalized spacial score (nSPS) is 18.2. The molecular formula is C31H41N3O8S3. The van der Waals surface area contributed by atoms with E-state index in [1.54, 1.807) is 36.4 Å². The van der Waals surface area contributed by atoms with Gasteiger partial charge in [-0.05, 0) is 57.2 Å². The topological polar surface area (TPSA) is 131 Å². The van der Waals surface area contributed by atoms with E-state index in [-0.39, 0.29) is 80.4 Å². The molecule has 0 aromatic heterocycles. The van der Waals surface area contributed by atoms with E-state index in [0.717, 1.165) is 21.0 Å². The summed E-state index contributed by atoms with van der Waals surface area (Å²) in [6.45, 7) is 5.23. The first-order chi connectivity index (χ1) is 21.3. The first-order valence-electron chi connectivity index (χ1n) is 14.7. The van der Waals surface area contributed by atoms with Crippen LogP contribution in [0.1, 0.15) is 16.7 Å². The average Bonchev–Trinajstić information content (AvgIpc) is 3.01. The molecule has 1 fully saturated rings. The smallest absolute Gasteiger partial charge is 0.243 e. The second-order valence-corrected chi connectivity index (χ2v) is 16.7. The van der Waals surface area contributed by atoms with Crippen molar-refractivity contribution in [3.8, 4) is 0 Å². The second-order valence-electron chi connectivity index (χ2n) is 10.9. The maximum Gasteiger partial charge on any atom is 0.243 e. The van der Waals surface area contributed by atoms with E-state index in [4.69, 9.17) is 9.47 Å². The van der Waals surface area contributed by atoms with Crippen molar-refractivity contribution in [1.29, 1.82) is 0 Å². The van der Waals surface area contributed by atoms with Gasteiger partial charge in [0.2, 0.25) is 30.1 Å². The zero-order chi connectivity index (χ0) is 32.7. The summed E-state index contributed by atoms with van der Waals surface area (Å²) in [6, 6.07) is 19.2. The van der Waals surface area contributed by atoms with E-state index in [9.17, 15) is 25.3 Å². The molecule has 0 aliphatic carbocycles. The lowest BCUT2D eigenvalue weighted by Gasteiger charge is -2.29. The Morgan fingerprint density at radius 1 is 0.400 bits per heavy atom. The molecule has 0 atom stereocenters. The standard InChI is InChI=1S/C31H41N3O8S3/c1-26-4-10-29(11-5-26)43(35,36)32-16-18-33(44(37,38)30-12-6-27(2)7-13-30)20-22-41-24-25-42-23-21-34(19-17-32)45(39,40)31-14-8-28(3)9-15-31/h4-15H,16-25H2,1-3H3. The molecule has 4 rings (SSSR count). The molecule has 11 nitrogen and oxygen atoms in total. The molecule has 0 amide bonds. The van der Waals surface area contributed by atoms with Gasteiger partial charge in [0, 0.05) is 39.3 Å². The van der Waals surface area contributed by atoms with Crippen LogP contribution in [0.4, 0.5) is 0 Å². The Kier molecular flexibility index (Phi) is 11.9. The molecule has 0 radical (unpaired) electrons. The summed E-state index contributed by atoms with van der Waals surface area (Å²) in [6.07, 6.45) is 0. The molecular weight excluding hydrogens is 639 g/mol. The minimum Gasteiger partial charge on any atom is -0.378 e. The van der Waals surface area contributed by atoms with Crippen LogP contribution >= 0.6 is 0 Å². The maximum absolute atomic E-state index is 14.0. The fourth-order valence-corrected chi connectivity index (χ4v) is 8.99. The molecule has 0 unspecified atom stereocenters. The number of ether oxygens (including phenoxy) is 2. The van der Waals surface area contributed by atoms with Crippen LogP contribution in [-0.2, 0) is 39.5 Å². The van der Waals surface area contributed by atoms with Crippen LogP contribution in [0.2, 0.25) is 0 Å². The van der Waals surface area contributed by atoms with Crippen molar-refractivity contribution in [3.63, 3.8) is 0 Å². The first kappa shape index (κ1) is 35.2. The Labute approximate surface area is 267 Å². The van der Waals surface area contributed by atoms with Crippen LogP contribution in [-0.4, -0.2) is 104 Å². The van der Waals surface area contributed by atoms with E-state index in [0.29, 0.717) is 0 Å². The lowest BCUT2D eigenvalue weighted by atomic mass is 10.2. The zero-order valence-electron chi connectivity index (χ0n) is 25.8. The van der Waals surface area contributed by atoms with Crippen LogP contribution < -0.4 is 0 Å². The summed E-state index contributed by atoms with van der Waals surface area (Å²) in [7, 11) is -12.2. The maximum atomic E-state index is 14.0. The average molecular weight is 680 g/mol. The molecule has 0 N–H and O–H groups in total. The summed E-state index contributed by atoms with van der Waals surface area (Å²) < 4.78 is 97.6. The van der Waals surface area contributed by atoms with Crippen molar-refractivity contribution >= 4 is 30.1 Å². The fourth-order valence-electron chi connectivity index (χ4n) is 4.74. The van der Waals surface area contributed by atoms with Crippen molar-refractivity contribution in [2.24, 2.45) is 0 Å². The lowest BCUT2D eigenvalue weighted by molar-refractivity contribution is 0.0421. The van der Waals surface area contributed by atoms with Gasteiger partial charge in [-0.1, -0.05) is 53.1 Å². The summed E-state index contributed by atoms with van der Waals surface area (Å²) in [5.41, 5.74) is 2.67. The molecule has 1 aliphatic heterocycles. The summed E-state index contributed by atoms with van der Waals surface area (Å²) in [5.74, 6) is 0. The van der Waals surface area contributed by atoms with Gasteiger partial charge in [0.15, 0.2) is 0 Å². The van der Waals surface area contributed by atoms with Crippen LogP contribution in [0.3, 0.4) is 0 Å². The first-order valence-corrected chi connectivity index (χ1v) is 19.0. The minimum atomic E-state index is -4.14. The number of sulfonamides is 3. The third-order valence-corrected chi connectivity index (χ3v) is 13.3. The van der Waals surface area contributed by atoms with Crippen molar-refractivity contribution in [1.82, 2.24) is 12.9 Å². The van der Waals surface area contributed by atoms with Gasteiger partial charge in [-0.15, -0.1) is 0 Å². The molecule has 0 saturated carbocycles. The Bertz CT molecular complexity index is 1640. The monoisotopic (exact) mass is 679 g/mol. The molecule has 14 heteroatoms. The van der Waals surface area contributed by atoms with Gasteiger partial charge in [-0.2, -0.15) is 12.9 Å². The van der Waals surface area contributed by atoms with Crippen molar-refractivity contribution < 1.29 is 34.7 Å². The van der Waals surface area contributed by atoms with E-state index in [2.05, 4.69) is 0 Å². The highest BCUT2D eigenvalue weighted by Crippen LogP contribution is 2.21. The van der Waals surface area contributed by atoms with Crippen molar-refractivity contribution in [2.45, 2.75) is 35.5 Å². The van der Waals surface area contributed by atoms with Crippen LogP contribution in [0, 0.1) is 20.8 Å². The van der Waals surface area contributed by atoms with Crippen LogP contribution in [0.5, 0.6) is 0 Å². The molecule has 246 valence electrons. The van der Waals surface area contributed by atoms with E-state index >= 15 is 0 Å². The number of aryl methyl sites for hydroxylation is 3. The van der Waals surface area contributed by atoms with E-state index in [1.165, 1.54) is 45.0 Å². The molecule has 1 saturated heterocycles. The number of hydrogen-bond acceptors (Lipinski definition) is 8. The molecule has 3 aromatic carbocycles. The molecule has 3 aromatic rings. The number of rotatable bonds is 6. The summed E-state index contributed by atoms with van der Waals surface area (Å²) in [4.78, 5) is 0.189. The Hall–Kier alpha value is -2.69. The van der Waals surface area contributed by atoms with Gasteiger partial charge in [0.05, 0.1) is 41.1 Å². The molecule has 0 bridgehead atoms.